The first kappa shape index (κ1) is 21.8. The van der Waals surface area contributed by atoms with Crippen molar-refractivity contribution in [3.63, 3.8) is 0 Å². The molecular formula is C24H30ClN3O3S. The second-order valence-corrected chi connectivity index (χ2v) is 11.5. The number of amides is 1. The van der Waals surface area contributed by atoms with Gasteiger partial charge < -0.3 is 19.3 Å². The van der Waals surface area contributed by atoms with Gasteiger partial charge in [0.15, 0.2) is 5.13 Å². The fraction of sp³-hybridized carbons (Fsp3) is 0.583. The third-order valence-corrected chi connectivity index (χ3v) is 8.10. The van der Waals surface area contributed by atoms with Crippen LogP contribution in [0.3, 0.4) is 0 Å². The van der Waals surface area contributed by atoms with E-state index in [1.807, 2.05) is 43.9 Å². The SMILES string of the molecule is CN(c1nc2c(s1)-c1ccc(Cl)cc1OC2)C1CC2CCCC(C1)N2C(=O)OC(C)(C)C. The molecule has 2 atom stereocenters. The van der Waals surface area contributed by atoms with Crippen LogP contribution in [0.15, 0.2) is 18.2 Å². The van der Waals surface area contributed by atoms with Crippen LogP contribution in [0.5, 0.6) is 5.75 Å². The van der Waals surface area contributed by atoms with Gasteiger partial charge in [-0.05, 0) is 71.1 Å². The Balaban J connectivity index is 1.35. The highest BCUT2D eigenvalue weighted by atomic mass is 35.5. The summed E-state index contributed by atoms with van der Waals surface area (Å²) in [7, 11) is 2.14. The van der Waals surface area contributed by atoms with Crippen molar-refractivity contribution in [1.82, 2.24) is 9.88 Å². The minimum Gasteiger partial charge on any atom is -0.487 e. The molecule has 2 saturated heterocycles. The van der Waals surface area contributed by atoms with Gasteiger partial charge in [-0.1, -0.05) is 22.9 Å². The van der Waals surface area contributed by atoms with Crippen molar-refractivity contribution < 1.29 is 14.3 Å². The lowest BCUT2D eigenvalue weighted by molar-refractivity contribution is -0.0213. The van der Waals surface area contributed by atoms with E-state index in [9.17, 15) is 4.79 Å². The predicted octanol–water partition coefficient (Wildman–Crippen LogP) is 6.11. The van der Waals surface area contributed by atoms with Crippen LogP contribution in [0.25, 0.3) is 10.4 Å². The number of carbonyl (C=O) groups is 1. The highest BCUT2D eigenvalue weighted by molar-refractivity contribution is 7.19. The zero-order chi connectivity index (χ0) is 22.6. The average molecular weight is 476 g/mol. The molecule has 4 heterocycles. The molecule has 0 spiro atoms. The lowest BCUT2D eigenvalue weighted by Gasteiger charge is -2.50. The maximum atomic E-state index is 12.9. The van der Waals surface area contributed by atoms with Gasteiger partial charge in [0.1, 0.15) is 18.0 Å². The van der Waals surface area contributed by atoms with Crippen LogP contribution in [-0.4, -0.2) is 46.8 Å². The Morgan fingerprint density at radius 1 is 1.28 bits per heavy atom. The number of piperidine rings is 2. The number of ether oxygens (including phenoxy) is 2. The van der Waals surface area contributed by atoms with Crippen LogP contribution in [-0.2, 0) is 11.3 Å². The summed E-state index contributed by atoms with van der Waals surface area (Å²) in [6.45, 7) is 6.26. The third-order valence-electron chi connectivity index (χ3n) is 6.64. The number of nitrogens with zero attached hydrogens (tertiary/aromatic N) is 3. The van der Waals surface area contributed by atoms with E-state index in [1.165, 1.54) is 6.42 Å². The fourth-order valence-corrected chi connectivity index (χ4v) is 6.48. The number of hydrogen-bond donors (Lipinski definition) is 0. The summed E-state index contributed by atoms with van der Waals surface area (Å²) >= 11 is 7.85. The van der Waals surface area contributed by atoms with Gasteiger partial charge in [0, 0.05) is 35.8 Å². The molecule has 3 aliphatic rings. The number of benzene rings is 1. The Bertz CT molecular complexity index is 1020. The molecule has 2 aromatic rings. The van der Waals surface area contributed by atoms with Crippen LogP contribution >= 0.6 is 22.9 Å². The molecule has 2 fully saturated rings. The van der Waals surface area contributed by atoms with Gasteiger partial charge >= 0.3 is 6.09 Å². The van der Waals surface area contributed by atoms with E-state index in [1.54, 1.807) is 11.3 Å². The summed E-state index contributed by atoms with van der Waals surface area (Å²) in [5, 5.41) is 1.69. The van der Waals surface area contributed by atoms with E-state index >= 15 is 0 Å². The molecule has 6 nitrogen and oxygen atoms in total. The van der Waals surface area contributed by atoms with E-state index in [4.69, 9.17) is 26.1 Å². The normalized spacial score (nSPS) is 24.3. The molecule has 1 aromatic carbocycles. The van der Waals surface area contributed by atoms with Crippen LogP contribution in [0.4, 0.5) is 9.93 Å². The lowest BCUT2D eigenvalue weighted by Crippen LogP contribution is -2.59. The molecule has 2 bridgehead atoms. The third kappa shape index (κ3) is 4.05. The van der Waals surface area contributed by atoms with E-state index in [0.717, 1.165) is 52.7 Å². The Morgan fingerprint density at radius 3 is 2.69 bits per heavy atom. The standard InChI is InChI=1S/C24H30ClN3O3S/c1-24(2,3)31-23(29)28-15-6-5-7-16(28)12-17(11-15)27(4)22-26-19-13-30-20-10-14(25)8-9-18(20)21(19)32-22/h8-10,15-17H,5-7,11-13H2,1-4H3. The van der Waals surface area contributed by atoms with E-state index in [-0.39, 0.29) is 18.2 Å². The molecule has 5 rings (SSSR count). The monoisotopic (exact) mass is 475 g/mol. The van der Waals surface area contributed by atoms with E-state index in [0.29, 0.717) is 17.7 Å². The summed E-state index contributed by atoms with van der Waals surface area (Å²) in [5.41, 5.74) is 1.57. The van der Waals surface area contributed by atoms with Crippen molar-refractivity contribution in [2.75, 3.05) is 11.9 Å². The number of anilines is 1. The first-order valence-corrected chi connectivity index (χ1v) is 12.6. The second-order valence-electron chi connectivity index (χ2n) is 10.1. The zero-order valence-electron chi connectivity index (χ0n) is 19.1. The molecule has 2 unspecified atom stereocenters. The van der Waals surface area contributed by atoms with E-state index in [2.05, 4.69) is 11.9 Å². The van der Waals surface area contributed by atoms with Gasteiger partial charge in [-0.25, -0.2) is 9.78 Å². The first-order valence-electron chi connectivity index (χ1n) is 11.4. The van der Waals surface area contributed by atoms with Crippen LogP contribution < -0.4 is 9.64 Å². The molecule has 172 valence electrons. The molecule has 0 aliphatic carbocycles. The topological polar surface area (TPSA) is 54.9 Å². The summed E-state index contributed by atoms with van der Waals surface area (Å²) in [6, 6.07) is 6.59. The highest BCUT2D eigenvalue weighted by Gasteiger charge is 2.44. The zero-order valence-corrected chi connectivity index (χ0v) is 20.6. The number of thiazole rings is 1. The Morgan fingerprint density at radius 2 is 2.00 bits per heavy atom. The van der Waals surface area contributed by atoms with Crippen molar-refractivity contribution in [3.05, 3.63) is 28.9 Å². The average Bonchev–Trinajstić information content (AvgIpc) is 3.15. The quantitative estimate of drug-likeness (QED) is 0.524. The summed E-state index contributed by atoms with van der Waals surface area (Å²) < 4.78 is 11.6. The highest BCUT2D eigenvalue weighted by Crippen LogP contribution is 2.45. The number of rotatable bonds is 2. The molecule has 0 radical (unpaired) electrons. The second kappa shape index (κ2) is 8.10. The predicted molar refractivity (Wildman–Crippen MR) is 128 cm³/mol. The van der Waals surface area contributed by atoms with Gasteiger partial charge in [0.25, 0.3) is 0 Å². The van der Waals surface area contributed by atoms with Crippen LogP contribution in [0.1, 0.15) is 58.6 Å². The van der Waals surface area contributed by atoms with Crippen LogP contribution in [0, 0.1) is 0 Å². The number of fused-ring (bicyclic) bond motifs is 5. The fourth-order valence-electron chi connectivity index (χ4n) is 5.19. The van der Waals surface area contributed by atoms with Gasteiger partial charge in [0.05, 0.1) is 10.6 Å². The number of hydrogen-bond acceptors (Lipinski definition) is 6. The number of carbonyl (C=O) groups excluding carboxylic acids is 1. The summed E-state index contributed by atoms with van der Waals surface area (Å²) in [4.78, 5) is 23.3. The summed E-state index contributed by atoms with van der Waals surface area (Å²) in [6.07, 6.45) is 4.98. The minimum absolute atomic E-state index is 0.162. The molecule has 32 heavy (non-hydrogen) atoms. The Kier molecular flexibility index (Phi) is 5.53. The van der Waals surface area contributed by atoms with Gasteiger partial charge in [0.2, 0.25) is 0 Å². The van der Waals surface area contributed by atoms with Crippen molar-refractivity contribution in [1.29, 1.82) is 0 Å². The molecular weight excluding hydrogens is 446 g/mol. The van der Waals surface area contributed by atoms with Crippen molar-refractivity contribution >= 4 is 34.2 Å². The van der Waals surface area contributed by atoms with Crippen molar-refractivity contribution in [2.24, 2.45) is 0 Å². The molecule has 0 N–H and O–H groups in total. The number of aromatic nitrogens is 1. The maximum Gasteiger partial charge on any atom is 0.410 e. The lowest BCUT2D eigenvalue weighted by atomic mass is 9.81. The molecule has 1 aromatic heterocycles. The van der Waals surface area contributed by atoms with Gasteiger partial charge in [-0.2, -0.15) is 0 Å². The van der Waals surface area contributed by atoms with Gasteiger partial charge in [-0.15, -0.1) is 0 Å². The molecule has 8 heteroatoms. The van der Waals surface area contributed by atoms with Gasteiger partial charge in [-0.3, -0.25) is 0 Å². The molecule has 0 saturated carbocycles. The maximum absolute atomic E-state index is 12.9. The smallest absolute Gasteiger partial charge is 0.410 e. The van der Waals surface area contributed by atoms with Crippen LogP contribution in [0.2, 0.25) is 5.02 Å². The Hall–Kier alpha value is -1.99. The Labute approximate surface area is 198 Å². The molecule has 3 aliphatic heterocycles. The van der Waals surface area contributed by atoms with Crippen molar-refractivity contribution in [3.8, 4) is 16.2 Å². The summed E-state index contributed by atoms with van der Waals surface area (Å²) in [5.74, 6) is 0.822. The first-order chi connectivity index (χ1) is 15.2. The molecule has 1 amide bonds. The van der Waals surface area contributed by atoms with E-state index < -0.39 is 5.60 Å². The van der Waals surface area contributed by atoms with Crippen molar-refractivity contribution in [2.45, 2.75) is 83.2 Å². The largest absolute Gasteiger partial charge is 0.487 e. The minimum atomic E-state index is -0.471. The number of halogens is 1.